The summed E-state index contributed by atoms with van der Waals surface area (Å²) in [6.45, 7) is 2.28. The number of phenols is 1. The molecule has 2 aromatic carbocycles. The van der Waals surface area contributed by atoms with E-state index in [9.17, 15) is 34.2 Å². The predicted octanol–water partition coefficient (Wildman–Crippen LogP) is 0.999. The quantitative estimate of drug-likeness (QED) is 0.421. The molecule has 0 saturated heterocycles. The fourth-order valence-corrected chi connectivity index (χ4v) is 7.19. The van der Waals surface area contributed by atoms with Crippen molar-refractivity contribution in [2.24, 2.45) is 29.4 Å². The summed E-state index contributed by atoms with van der Waals surface area (Å²) < 4.78 is 5.61. The first kappa shape index (κ1) is 29.4. The van der Waals surface area contributed by atoms with Crippen molar-refractivity contribution in [1.82, 2.24) is 4.90 Å². The van der Waals surface area contributed by atoms with E-state index in [4.69, 9.17) is 10.5 Å². The number of phenolic OH excluding ortho intramolecular Hbond substituents is 1. The highest BCUT2D eigenvalue weighted by Gasteiger charge is 2.69. The Hall–Kier alpha value is -4.09. The summed E-state index contributed by atoms with van der Waals surface area (Å²) in [5.41, 5.74) is 4.72. The molecule has 0 spiro atoms. The summed E-state index contributed by atoms with van der Waals surface area (Å²) in [6, 6.07) is 7.67. The van der Waals surface area contributed by atoms with E-state index in [1.807, 2.05) is 11.8 Å². The van der Waals surface area contributed by atoms with Crippen molar-refractivity contribution in [2.75, 3.05) is 39.7 Å². The van der Waals surface area contributed by atoms with Crippen LogP contribution in [0.5, 0.6) is 11.5 Å². The molecule has 0 bridgehead atoms. The van der Waals surface area contributed by atoms with Crippen molar-refractivity contribution in [3.63, 3.8) is 0 Å². The second-order valence-corrected chi connectivity index (χ2v) is 11.8. The van der Waals surface area contributed by atoms with Gasteiger partial charge < -0.3 is 25.6 Å². The Bertz CT molecular complexity index is 1530. The van der Waals surface area contributed by atoms with Gasteiger partial charge >= 0.3 is 0 Å². The number of anilines is 1. The topological polar surface area (TPSA) is 168 Å². The molecule has 11 nitrogen and oxygen atoms in total. The number of nitrogens with zero attached hydrogens (tertiary/aromatic N) is 2. The van der Waals surface area contributed by atoms with Gasteiger partial charge in [-0.05, 0) is 69.1 Å². The number of carbonyl (C=O) groups excluding carboxylic acids is 5. The number of ketones is 4. The van der Waals surface area contributed by atoms with Crippen LogP contribution in [-0.4, -0.2) is 90.6 Å². The van der Waals surface area contributed by atoms with E-state index >= 15 is 0 Å². The number of hydrogen-bond donors (Lipinski definition) is 3. The maximum absolute atomic E-state index is 14.2. The fraction of sp³-hybridized carbons (Fsp3) is 0.452. The van der Waals surface area contributed by atoms with Crippen LogP contribution < -0.4 is 15.4 Å². The Morgan fingerprint density at radius 1 is 1.10 bits per heavy atom. The number of rotatable bonds is 6. The predicted molar refractivity (Wildman–Crippen MR) is 152 cm³/mol. The number of benzene rings is 2. The number of aromatic hydroxyl groups is 1. The lowest BCUT2D eigenvalue weighted by Gasteiger charge is -2.52. The van der Waals surface area contributed by atoms with E-state index in [1.165, 1.54) is 4.90 Å². The number of amides is 1. The maximum Gasteiger partial charge on any atom is 0.235 e. The van der Waals surface area contributed by atoms with Gasteiger partial charge in [0, 0.05) is 31.3 Å². The Balaban J connectivity index is 1.68. The molecule has 222 valence electrons. The normalized spacial score (nSPS) is 28.7. The van der Waals surface area contributed by atoms with Crippen LogP contribution in [0.1, 0.15) is 29.3 Å². The van der Waals surface area contributed by atoms with Crippen LogP contribution in [-0.2, 0) is 25.6 Å². The minimum atomic E-state index is -2.76. The number of hydrogen-bond acceptors (Lipinski definition) is 10. The molecule has 2 saturated carbocycles. The number of nitrogens with two attached hydrogens (primary N) is 1. The molecular formula is C31H35N3O8. The van der Waals surface area contributed by atoms with Gasteiger partial charge in [-0.2, -0.15) is 0 Å². The average Bonchev–Trinajstić information content (AvgIpc) is 2.90. The smallest absolute Gasteiger partial charge is 0.235 e. The molecule has 5 rings (SSSR count). The lowest BCUT2D eigenvalue weighted by molar-refractivity contribution is -0.181. The highest BCUT2D eigenvalue weighted by molar-refractivity contribution is 6.32. The van der Waals surface area contributed by atoms with E-state index in [0.29, 0.717) is 34.7 Å². The van der Waals surface area contributed by atoms with Crippen LogP contribution in [0.4, 0.5) is 5.69 Å². The van der Waals surface area contributed by atoms with E-state index < -0.39 is 64.4 Å². The summed E-state index contributed by atoms with van der Waals surface area (Å²) in [5.74, 6) is -10.1. The second kappa shape index (κ2) is 10.3. The molecule has 0 aliphatic heterocycles. The van der Waals surface area contributed by atoms with E-state index in [1.54, 1.807) is 58.5 Å². The van der Waals surface area contributed by atoms with Crippen LogP contribution in [0.3, 0.4) is 0 Å². The molecule has 11 heteroatoms. The molecule has 1 amide bonds. The van der Waals surface area contributed by atoms with Crippen LogP contribution in [0.25, 0.3) is 11.1 Å². The average molecular weight is 578 g/mol. The number of ether oxygens (including phenoxy) is 1. The Labute approximate surface area is 243 Å². The van der Waals surface area contributed by atoms with Gasteiger partial charge in [0.1, 0.15) is 11.5 Å². The molecule has 0 aromatic heterocycles. The summed E-state index contributed by atoms with van der Waals surface area (Å²) in [5, 5.41) is 23.3. The first-order chi connectivity index (χ1) is 19.7. The Morgan fingerprint density at radius 2 is 1.79 bits per heavy atom. The third-order valence-electron chi connectivity index (χ3n) is 8.98. The molecule has 3 aliphatic carbocycles. The van der Waals surface area contributed by atoms with Crippen molar-refractivity contribution in [1.29, 1.82) is 0 Å². The molecule has 3 aliphatic rings. The second-order valence-electron chi connectivity index (χ2n) is 11.8. The SMILES string of the molecule is CCOc1cccc(-c2cc(N(C)C)c3c(c2O)C(=O)C2C(=O)C4(O)C(=O)C(C(N)=O)C(=O)C(N(C)C)C4CC2C3)c1. The standard InChI is InChI=1S/C31H35N3O8/c1-6-42-16-9-7-8-14(10-16)17-13-20(33(2)3)18-11-15-12-19-24(34(4)5)27(37)23(30(32)40)29(39)31(19,41)28(38)21(15)26(36)22(18)25(17)35/h7-10,13,15,19,21,23-24,35,41H,6,11-12H2,1-5H3,(H2,32,40). The lowest BCUT2D eigenvalue weighted by atomic mass is 9.52. The minimum absolute atomic E-state index is 0.00429. The first-order valence-corrected chi connectivity index (χ1v) is 13.9. The largest absolute Gasteiger partial charge is 0.507 e. The fourth-order valence-electron chi connectivity index (χ4n) is 7.19. The highest BCUT2D eigenvalue weighted by atomic mass is 16.5. The van der Waals surface area contributed by atoms with Crippen molar-refractivity contribution in [3.8, 4) is 22.6 Å². The minimum Gasteiger partial charge on any atom is -0.507 e. The van der Waals surface area contributed by atoms with Crippen LogP contribution in [0, 0.1) is 23.7 Å². The molecule has 6 unspecified atom stereocenters. The summed E-state index contributed by atoms with van der Waals surface area (Å²) in [4.78, 5) is 70.5. The molecular weight excluding hydrogens is 542 g/mol. The molecule has 2 fully saturated rings. The maximum atomic E-state index is 14.2. The van der Waals surface area contributed by atoms with Gasteiger partial charge in [0.25, 0.3) is 0 Å². The molecule has 4 N–H and O–H groups in total. The summed E-state index contributed by atoms with van der Waals surface area (Å²) in [7, 11) is 6.72. The molecule has 42 heavy (non-hydrogen) atoms. The van der Waals surface area contributed by atoms with Crippen molar-refractivity contribution in [3.05, 3.63) is 41.5 Å². The first-order valence-electron chi connectivity index (χ1n) is 13.9. The molecule has 6 atom stereocenters. The van der Waals surface area contributed by atoms with E-state index in [0.717, 1.165) is 0 Å². The zero-order valence-corrected chi connectivity index (χ0v) is 24.2. The number of likely N-dealkylation sites (N-methyl/N-ethyl adjacent to an activating group) is 1. The number of carbonyl (C=O) groups is 5. The number of aliphatic hydroxyl groups is 1. The van der Waals surface area contributed by atoms with Crippen molar-refractivity contribution >= 4 is 34.7 Å². The molecule has 0 heterocycles. The lowest BCUT2D eigenvalue weighted by Crippen LogP contribution is -2.74. The highest BCUT2D eigenvalue weighted by Crippen LogP contribution is 2.53. The Kier molecular flexibility index (Phi) is 7.23. The van der Waals surface area contributed by atoms with Gasteiger partial charge in [0.05, 0.1) is 24.1 Å². The van der Waals surface area contributed by atoms with Gasteiger partial charge in [0.15, 0.2) is 34.7 Å². The van der Waals surface area contributed by atoms with Crippen LogP contribution in [0.2, 0.25) is 0 Å². The van der Waals surface area contributed by atoms with E-state index in [-0.39, 0.29) is 24.2 Å². The van der Waals surface area contributed by atoms with Crippen molar-refractivity contribution in [2.45, 2.75) is 31.4 Å². The van der Waals surface area contributed by atoms with Crippen molar-refractivity contribution < 1.29 is 38.9 Å². The number of fused-ring (bicyclic) bond motifs is 3. The molecule has 0 radical (unpaired) electrons. The third-order valence-corrected chi connectivity index (χ3v) is 8.98. The summed E-state index contributed by atoms with van der Waals surface area (Å²) >= 11 is 0. The van der Waals surface area contributed by atoms with Crippen LogP contribution >= 0.6 is 0 Å². The third kappa shape index (κ3) is 4.13. The van der Waals surface area contributed by atoms with Gasteiger partial charge in [-0.25, -0.2) is 0 Å². The number of Topliss-reactive ketones (excluding diaryl/α,β-unsaturated/α-hetero) is 4. The van der Waals surface area contributed by atoms with Gasteiger partial charge in [-0.15, -0.1) is 0 Å². The van der Waals surface area contributed by atoms with E-state index in [2.05, 4.69) is 0 Å². The number of primary amides is 1. The van der Waals surface area contributed by atoms with Gasteiger partial charge in [0.2, 0.25) is 5.91 Å². The molecule has 2 aromatic rings. The Morgan fingerprint density at radius 3 is 2.38 bits per heavy atom. The summed E-state index contributed by atoms with van der Waals surface area (Å²) in [6.07, 6.45) is 0.182. The van der Waals surface area contributed by atoms with Crippen LogP contribution in [0.15, 0.2) is 30.3 Å². The van der Waals surface area contributed by atoms with Gasteiger partial charge in [-0.3, -0.25) is 28.9 Å². The zero-order chi connectivity index (χ0) is 30.8. The van der Waals surface area contributed by atoms with Gasteiger partial charge in [-0.1, -0.05) is 12.1 Å². The zero-order valence-electron chi connectivity index (χ0n) is 24.2. The monoisotopic (exact) mass is 577 g/mol.